The van der Waals surface area contributed by atoms with Crippen LogP contribution in [0.25, 0.3) is 10.6 Å². The van der Waals surface area contributed by atoms with Crippen molar-refractivity contribution in [1.29, 1.82) is 0 Å². The van der Waals surface area contributed by atoms with Gasteiger partial charge in [-0.15, -0.1) is 11.3 Å². The molecule has 0 aliphatic rings. The standard InChI is InChI=1S/C17H18N4O4S/c1-9-14(26-15(19-9)11-6-18-21(4)7-11)16(22)20(3)8-12-5-13(17(23)24)10(2)25-12/h5-7H,8H2,1-4H3,(H,23,24). The van der Waals surface area contributed by atoms with Gasteiger partial charge in [0.05, 0.1) is 18.4 Å². The highest BCUT2D eigenvalue weighted by Gasteiger charge is 2.22. The smallest absolute Gasteiger partial charge is 0.339 e. The Balaban J connectivity index is 1.79. The van der Waals surface area contributed by atoms with Crippen molar-refractivity contribution in [3.8, 4) is 10.6 Å². The van der Waals surface area contributed by atoms with Gasteiger partial charge in [0.25, 0.3) is 5.91 Å². The molecule has 0 aromatic carbocycles. The maximum absolute atomic E-state index is 12.8. The molecule has 0 atom stereocenters. The molecule has 136 valence electrons. The van der Waals surface area contributed by atoms with E-state index in [1.807, 2.05) is 13.2 Å². The van der Waals surface area contributed by atoms with Crippen LogP contribution in [0.2, 0.25) is 0 Å². The van der Waals surface area contributed by atoms with Gasteiger partial charge < -0.3 is 14.4 Å². The summed E-state index contributed by atoms with van der Waals surface area (Å²) in [6, 6.07) is 1.45. The lowest BCUT2D eigenvalue weighted by atomic mass is 10.2. The second-order valence-electron chi connectivity index (χ2n) is 5.99. The Hall–Kier alpha value is -2.94. The van der Waals surface area contributed by atoms with Gasteiger partial charge in [0.1, 0.15) is 27.0 Å². The molecule has 0 saturated carbocycles. The number of carboxylic acid groups (broad SMARTS) is 1. The number of hydrogen-bond acceptors (Lipinski definition) is 6. The number of furan rings is 1. The largest absolute Gasteiger partial charge is 0.478 e. The van der Waals surface area contributed by atoms with E-state index in [9.17, 15) is 9.59 Å². The summed E-state index contributed by atoms with van der Waals surface area (Å²) < 4.78 is 7.12. The van der Waals surface area contributed by atoms with Crippen LogP contribution in [0.5, 0.6) is 0 Å². The van der Waals surface area contributed by atoms with Gasteiger partial charge in [-0.2, -0.15) is 5.10 Å². The molecule has 26 heavy (non-hydrogen) atoms. The van der Waals surface area contributed by atoms with Gasteiger partial charge in [-0.1, -0.05) is 0 Å². The molecule has 9 heteroatoms. The van der Waals surface area contributed by atoms with Crippen LogP contribution >= 0.6 is 11.3 Å². The van der Waals surface area contributed by atoms with E-state index in [4.69, 9.17) is 9.52 Å². The van der Waals surface area contributed by atoms with Crippen LogP contribution in [-0.4, -0.2) is 43.7 Å². The first-order chi connectivity index (χ1) is 12.3. The highest BCUT2D eigenvalue weighted by atomic mass is 32.1. The van der Waals surface area contributed by atoms with Crippen molar-refractivity contribution < 1.29 is 19.1 Å². The summed E-state index contributed by atoms with van der Waals surface area (Å²) in [4.78, 5) is 30.4. The van der Waals surface area contributed by atoms with Crippen LogP contribution in [0.4, 0.5) is 0 Å². The third-order valence-corrected chi connectivity index (χ3v) is 5.08. The zero-order valence-corrected chi connectivity index (χ0v) is 15.6. The zero-order valence-electron chi connectivity index (χ0n) is 14.8. The number of carbonyl (C=O) groups is 2. The SMILES string of the molecule is Cc1nc(-c2cnn(C)c2)sc1C(=O)N(C)Cc1cc(C(=O)O)c(C)o1. The first-order valence-corrected chi connectivity index (χ1v) is 8.62. The molecule has 0 saturated heterocycles. The van der Waals surface area contributed by atoms with Gasteiger partial charge >= 0.3 is 5.97 Å². The Morgan fingerprint density at radius 3 is 2.69 bits per heavy atom. The van der Waals surface area contributed by atoms with Crippen LogP contribution < -0.4 is 0 Å². The molecule has 0 aliphatic heterocycles. The molecule has 0 aliphatic carbocycles. The minimum atomic E-state index is -1.05. The lowest BCUT2D eigenvalue weighted by Crippen LogP contribution is -2.25. The molecule has 0 fully saturated rings. The van der Waals surface area contributed by atoms with Crippen LogP contribution in [0.3, 0.4) is 0 Å². The van der Waals surface area contributed by atoms with Gasteiger partial charge in [-0.3, -0.25) is 9.48 Å². The minimum absolute atomic E-state index is 0.105. The first-order valence-electron chi connectivity index (χ1n) is 7.80. The monoisotopic (exact) mass is 374 g/mol. The van der Waals surface area contributed by atoms with Crippen molar-refractivity contribution in [3.05, 3.63) is 46.1 Å². The van der Waals surface area contributed by atoms with E-state index < -0.39 is 5.97 Å². The van der Waals surface area contributed by atoms with Gasteiger partial charge in [0.15, 0.2) is 0 Å². The van der Waals surface area contributed by atoms with E-state index >= 15 is 0 Å². The highest BCUT2D eigenvalue weighted by Crippen LogP contribution is 2.28. The number of amides is 1. The summed E-state index contributed by atoms with van der Waals surface area (Å²) in [5.74, 6) is -0.501. The number of thiazole rings is 1. The summed E-state index contributed by atoms with van der Waals surface area (Å²) in [5.41, 5.74) is 1.61. The van der Waals surface area contributed by atoms with Gasteiger partial charge in [-0.05, 0) is 19.9 Å². The number of carboxylic acids is 1. The molecule has 0 bridgehead atoms. The van der Waals surface area contributed by atoms with E-state index in [2.05, 4.69) is 10.1 Å². The van der Waals surface area contributed by atoms with Gasteiger partial charge in [0, 0.05) is 25.9 Å². The van der Waals surface area contributed by atoms with E-state index in [0.717, 1.165) is 10.6 Å². The summed E-state index contributed by atoms with van der Waals surface area (Å²) in [7, 11) is 3.46. The number of aryl methyl sites for hydroxylation is 3. The molecule has 3 rings (SSSR count). The van der Waals surface area contributed by atoms with Crippen molar-refractivity contribution >= 4 is 23.2 Å². The maximum Gasteiger partial charge on any atom is 0.339 e. The quantitative estimate of drug-likeness (QED) is 0.737. The Bertz CT molecular complexity index is 985. The normalized spacial score (nSPS) is 10.9. The lowest BCUT2D eigenvalue weighted by Gasteiger charge is -2.14. The van der Waals surface area contributed by atoms with Crippen molar-refractivity contribution in [2.75, 3.05) is 7.05 Å². The van der Waals surface area contributed by atoms with Gasteiger partial charge in [0.2, 0.25) is 0 Å². The summed E-state index contributed by atoms with van der Waals surface area (Å²) in [5, 5.41) is 13.9. The molecular weight excluding hydrogens is 356 g/mol. The van der Waals surface area contributed by atoms with Crippen molar-refractivity contribution in [3.63, 3.8) is 0 Å². The van der Waals surface area contributed by atoms with Crippen LogP contribution in [-0.2, 0) is 13.6 Å². The summed E-state index contributed by atoms with van der Waals surface area (Å²) >= 11 is 1.31. The van der Waals surface area contributed by atoms with Crippen molar-refractivity contribution in [2.24, 2.45) is 7.05 Å². The van der Waals surface area contributed by atoms with Crippen molar-refractivity contribution in [1.82, 2.24) is 19.7 Å². The minimum Gasteiger partial charge on any atom is -0.478 e. The molecule has 0 spiro atoms. The van der Waals surface area contributed by atoms with Crippen LogP contribution in [0.1, 0.15) is 37.2 Å². The third-order valence-electron chi connectivity index (χ3n) is 3.88. The molecule has 3 heterocycles. The second-order valence-corrected chi connectivity index (χ2v) is 6.98. The van der Waals surface area contributed by atoms with Crippen LogP contribution in [0, 0.1) is 13.8 Å². The Morgan fingerprint density at radius 1 is 1.38 bits per heavy atom. The highest BCUT2D eigenvalue weighted by molar-refractivity contribution is 7.17. The maximum atomic E-state index is 12.8. The molecule has 3 aromatic rings. The molecular formula is C17H18N4O4S. The number of aromatic nitrogens is 3. The average Bonchev–Trinajstić information content (AvgIpc) is 3.25. The second kappa shape index (κ2) is 6.75. The lowest BCUT2D eigenvalue weighted by molar-refractivity contribution is 0.0694. The van der Waals surface area contributed by atoms with E-state index in [1.165, 1.54) is 22.3 Å². The Kier molecular flexibility index (Phi) is 4.64. The van der Waals surface area contributed by atoms with Gasteiger partial charge in [-0.25, -0.2) is 9.78 Å². The molecule has 1 N–H and O–H groups in total. The van der Waals surface area contributed by atoms with E-state index in [1.54, 1.807) is 31.8 Å². The fraction of sp³-hybridized carbons (Fsp3) is 0.294. The fourth-order valence-corrected chi connectivity index (χ4v) is 3.60. The summed E-state index contributed by atoms with van der Waals surface area (Å²) in [6.45, 7) is 3.55. The summed E-state index contributed by atoms with van der Waals surface area (Å²) in [6.07, 6.45) is 3.55. The Morgan fingerprint density at radius 2 is 2.12 bits per heavy atom. The molecule has 0 radical (unpaired) electrons. The zero-order chi connectivity index (χ0) is 19.0. The molecule has 1 amide bonds. The topological polar surface area (TPSA) is 101 Å². The number of aromatic carboxylic acids is 1. The predicted molar refractivity (Wildman–Crippen MR) is 95.3 cm³/mol. The number of nitrogens with zero attached hydrogens (tertiary/aromatic N) is 4. The number of carbonyl (C=O) groups excluding carboxylic acids is 1. The number of rotatable bonds is 5. The van der Waals surface area contributed by atoms with E-state index in [0.29, 0.717) is 22.1 Å². The van der Waals surface area contributed by atoms with Crippen LogP contribution in [0.15, 0.2) is 22.9 Å². The third kappa shape index (κ3) is 3.38. The molecule has 8 nitrogen and oxygen atoms in total. The molecule has 0 unspecified atom stereocenters. The molecule has 3 aromatic heterocycles. The number of hydrogen-bond donors (Lipinski definition) is 1. The Labute approximate surface area is 153 Å². The average molecular weight is 374 g/mol. The predicted octanol–water partition coefficient (Wildman–Crippen LogP) is 2.72. The fourth-order valence-electron chi connectivity index (χ4n) is 2.56. The van der Waals surface area contributed by atoms with Crippen molar-refractivity contribution in [2.45, 2.75) is 20.4 Å². The first kappa shape index (κ1) is 17.9. The van der Waals surface area contributed by atoms with E-state index in [-0.39, 0.29) is 18.0 Å².